The van der Waals surface area contributed by atoms with Crippen molar-refractivity contribution in [3.63, 3.8) is 0 Å². The standard InChI is InChI=1S/C52H34N2O/c1-3-14-36(15-4-1)42-20-9-11-23-47(42)53(49-25-13-22-45-43-21-10-12-24-48(43)54(52(45)49)40-18-5-2-6-19-40)41-29-26-35(27-30-41)39-28-31-44-46-32-37-16-7-8-17-38(37)33-51(46)55-50(44)34-39/h1-34H. The summed E-state index contributed by atoms with van der Waals surface area (Å²) < 4.78 is 8.87. The Balaban J connectivity index is 1.11. The van der Waals surface area contributed by atoms with E-state index in [2.05, 4.69) is 216 Å². The molecule has 0 bridgehead atoms. The average molecular weight is 703 g/mol. The van der Waals surface area contributed by atoms with Crippen LogP contribution >= 0.6 is 0 Å². The quantitative estimate of drug-likeness (QED) is 0.172. The van der Waals surface area contributed by atoms with Crippen molar-refractivity contribution >= 4 is 71.6 Å². The molecule has 0 atom stereocenters. The molecule has 0 aliphatic rings. The fraction of sp³-hybridized carbons (Fsp3) is 0. The van der Waals surface area contributed by atoms with Gasteiger partial charge in [-0.1, -0.05) is 140 Å². The number of benzene rings is 9. The van der Waals surface area contributed by atoms with Crippen molar-refractivity contribution in [3.05, 3.63) is 206 Å². The first-order chi connectivity index (χ1) is 27.3. The highest BCUT2D eigenvalue weighted by Crippen LogP contribution is 2.46. The molecular formula is C52H34N2O. The highest BCUT2D eigenvalue weighted by Gasteiger charge is 2.23. The van der Waals surface area contributed by atoms with Gasteiger partial charge in [-0.2, -0.15) is 0 Å². The van der Waals surface area contributed by atoms with Gasteiger partial charge in [0.2, 0.25) is 0 Å². The molecule has 0 saturated heterocycles. The molecule has 55 heavy (non-hydrogen) atoms. The van der Waals surface area contributed by atoms with E-state index in [1.54, 1.807) is 0 Å². The lowest BCUT2D eigenvalue weighted by Gasteiger charge is -2.29. The minimum absolute atomic E-state index is 0.894. The Morgan fingerprint density at radius 1 is 0.382 bits per heavy atom. The van der Waals surface area contributed by atoms with Gasteiger partial charge in [-0.3, -0.25) is 0 Å². The molecule has 0 spiro atoms. The van der Waals surface area contributed by atoms with Crippen molar-refractivity contribution in [1.29, 1.82) is 0 Å². The Morgan fingerprint density at radius 2 is 1.02 bits per heavy atom. The minimum Gasteiger partial charge on any atom is -0.456 e. The van der Waals surface area contributed by atoms with Crippen molar-refractivity contribution in [2.24, 2.45) is 0 Å². The summed E-state index contributed by atoms with van der Waals surface area (Å²) in [5.74, 6) is 0. The predicted octanol–water partition coefficient (Wildman–Crippen LogP) is 14.6. The molecule has 0 amide bonds. The van der Waals surface area contributed by atoms with Gasteiger partial charge in [-0.25, -0.2) is 0 Å². The van der Waals surface area contributed by atoms with Crippen LogP contribution in [0.5, 0.6) is 0 Å². The zero-order valence-corrected chi connectivity index (χ0v) is 29.9. The summed E-state index contributed by atoms with van der Waals surface area (Å²) in [7, 11) is 0. The number of rotatable bonds is 6. The van der Waals surface area contributed by atoms with E-state index in [1.807, 2.05) is 0 Å². The summed E-state index contributed by atoms with van der Waals surface area (Å²) in [6.07, 6.45) is 0. The number of fused-ring (bicyclic) bond motifs is 7. The molecule has 9 aromatic carbocycles. The van der Waals surface area contributed by atoms with Gasteiger partial charge >= 0.3 is 0 Å². The van der Waals surface area contributed by atoms with E-state index in [0.717, 1.165) is 66.9 Å². The highest BCUT2D eigenvalue weighted by atomic mass is 16.3. The first-order valence-corrected chi connectivity index (χ1v) is 18.8. The largest absolute Gasteiger partial charge is 0.456 e. The lowest BCUT2D eigenvalue weighted by molar-refractivity contribution is 0.669. The van der Waals surface area contributed by atoms with Crippen molar-refractivity contribution in [2.45, 2.75) is 0 Å². The maximum atomic E-state index is 6.46. The van der Waals surface area contributed by atoms with E-state index in [1.165, 1.54) is 32.6 Å². The molecule has 2 aromatic heterocycles. The fourth-order valence-electron chi connectivity index (χ4n) is 8.41. The van der Waals surface area contributed by atoms with Crippen molar-refractivity contribution in [3.8, 4) is 27.9 Å². The number of nitrogens with zero attached hydrogens (tertiary/aromatic N) is 2. The van der Waals surface area contributed by atoms with E-state index >= 15 is 0 Å². The molecule has 11 aromatic rings. The first-order valence-electron chi connectivity index (χ1n) is 18.8. The van der Waals surface area contributed by atoms with Crippen LogP contribution in [0.2, 0.25) is 0 Å². The normalized spacial score (nSPS) is 11.6. The molecule has 0 radical (unpaired) electrons. The SMILES string of the molecule is c1ccc(-c2ccccc2N(c2ccc(-c3ccc4c(c3)oc3cc5ccccc5cc34)cc2)c2cccc3c4ccccc4n(-c4ccccc4)c23)cc1. The lowest BCUT2D eigenvalue weighted by atomic mass is 10.00. The summed E-state index contributed by atoms with van der Waals surface area (Å²) in [5.41, 5.74) is 13.1. The Bertz CT molecular complexity index is 3190. The van der Waals surface area contributed by atoms with Crippen molar-refractivity contribution < 1.29 is 4.42 Å². The van der Waals surface area contributed by atoms with Crippen LogP contribution in [0.3, 0.4) is 0 Å². The van der Waals surface area contributed by atoms with E-state index in [4.69, 9.17) is 4.42 Å². The third kappa shape index (κ3) is 5.13. The van der Waals surface area contributed by atoms with Crippen LogP contribution in [-0.4, -0.2) is 4.57 Å². The number of anilines is 3. The third-order valence-electron chi connectivity index (χ3n) is 11.0. The van der Waals surface area contributed by atoms with Gasteiger partial charge in [0.1, 0.15) is 11.2 Å². The van der Waals surface area contributed by atoms with Gasteiger partial charge in [0.25, 0.3) is 0 Å². The van der Waals surface area contributed by atoms with Gasteiger partial charge in [-0.05, 0) is 94.2 Å². The lowest BCUT2D eigenvalue weighted by Crippen LogP contribution is -2.12. The second-order valence-corrected chi connectivity index (χ2v) is 14.1. The molecule has 0 aliphatic heterocycles. The fourth-order valence-corrected chi connectivity index (χ4v) is 8.41. The molecule has 0 aliphatic carbocycles. The van der Waals surface area contributed by atoms with Gasteiger partial charge in [0.05, 0.1) is 22.4 Å². The Morgan fingerprint density at radius 3 is 1.85 bits per heavy atom. The summed E-state index contributed by atoms with van der Waals surface area (Å²) in [6.45, 7) is 0. The zero-order chi connectivity index (χ0) is 36.3. The number of hydrogen-bond acceptors (Lipinski definition) is 2. The average Bonchev–Trinajstić information content (AvgIpc) is 3.79. The van der Waals surface area contributed by atoms with E-state index < -0.39 is 0 Å². The predicted molar refractivity (Wildman–Crippen MR) is 231 cm³/mol. The smallest absolute Gasteiger partial charge is 0.136 e. The van der Waals surface area contributed by atoms with Gasteiger partial charge in [-0.15, -0.1) is 0 Å². The van der Waals surface area contributed by atoms with Crippen LogP contribution < -0.4 is 4.90 Å². The van der Waals surface area contributed by atoms with Crippen LogP contribution in [0, 0.1) is 0 Å². The zero-order valence-electron chi connectivity index (χ0n) is 29.9. The molecule has 0 fully saturated rings. The summed E-state index contributed by atoms with van der Waals surface area (Å²) in [4.78, 5) is 2.43. The molecular weight excluding hydrogens is 669 g/mol. The van der Waals surface area contributed by atoms with Crippen LogP contribution in [0.1, 0.15) is 0 Å². The summed E-state index contributed by atoms with van der Waals surface area (Å²) >= 11 is 0. The number of hydrogen-bond donors (Lipinski definition) is 0. The van der Waals surface area contributed by atoms with Gasteiger partial charge in [0, 0.05) is 38.5 Å². The Hall–Kier alpha value is -7.36. The molecule has 258 valence electrons. The number of furan rings is 1. The number of para-hydroxylation sites is 4. The van der Waals surface area contributed by atoms with Crippen molar-refractivity contribution in [2.75, 3.05) is 4.90 Å². The third-order valence-corrected chi connectivity index (χ3v) is 11.0. The summed E-state index contributed by atoms with van der Waals surface area (Å²) in [5, 5.41) is 7.11. The van der Waals surface area contributed by atoms with E-state index in [0.29, 0.717) is 0 Å². The Labute approximate surface area is 318 Å². The maximum absolute atomic E-state index is 6.46. The van der Waals surface area contributed by atoms with Crippen LogP contribution in [0.15, 0.2) is 211 Å². The van der Waals surface area contributed by atoms with Crippen molar-refractivity contribution in [1.82, 2.24) is 4.57 Å². The van der Waals surface area contributed by atoms with Crippen LogP contribution in [0.4, 0.5) is 17.1 Å². The van der Waals surface area contributed by atoms with Crippen LogP contribution in [-0.2, 0) is 0 Å². The molecule has 3 heteroatoms. The first kappa shape index (κ1) is 31.2. The number of aromatic nitrogens is 1. The molecule has 0 unspecified atom stereocenters. The molecule has 0 saturated carbocycles. The topological polar surface area (TPSA) is 21.3 Å². The van der Waals surface area contributed by atoms with Gasteiger partial charge in [0.15, 0.2) is 0 Å². The Kier molecular flexibility index (Phi) is 7.17. The van der Waals surface area contributed by atoms with Crippen LogP contribution in [0.25, 0.3) is 82.5 Å². The highest BCUT2D eigenvalue weighted by molar-refractivity contribution is 6.15. The second kappa shape index (κ2) is 12.6. The molecule has 11 rings (SSSR count). The minimum atomic E-state index is 0.894. The molecule has 2 heterocycles. The maximum Gasteiger partial charge on any atom is 0.136 e. The summed E-state index contributed by atoms with van der Waals surface area (Å²) in [6, 6.07) is 74.0. The van der Waals surface area contributed by atoms with E-state index in [-0.39, 0.29) is 0 Å². The monoisotopic (exact) mass is 702 g/mol. The van der Waals surface area contributed by atoms with Gasteiger partial charge < -0.3 is 13.9 Å². The molecule has 3 nitrogen and oxygen atoms in total. The second-order valence-electron chi connectivity index (χ2n) is 14.1. The molecule has 0 N–H and O–H groups in total. The van der Waals surface area contributed by atoms with E-state index in [9.17, 15) is 0 Å².